The number of primary amides is 1. The molecular formula is C29H31F2N7O7S. The largest absolute Gasteiger partial charge is 0.480 e. The molecular weight excluding hydrogens is 628 g/mol. The van der Waals surface area contributed by atoms with E-state index in [1.807, 2.05) is 4.90 Å². The summed E-state index contributed by atoms with van der Waals surface area (Å²) in [5.41, 5.74) is 7.39. The Bertz CT molecular complexity index is 1810. The predicted molar refractivity (Wildman–Crippen MR) is 160 cm³/mol. The van der Waals surface area contributed by atoms with Gasteiger partial charge in [0.05, 0.1) is 40.6 Å². The van der Waals surface area contributed by atoms with E-state index in [4.69, 9.17) is 10.5 Å². The molecule has 2 fully saturated rings. The number of ether oxygens (including phenoxy) is 1. The zero-order valence-electron chi connectivity index (χ0n) is 24.5. The molecule has 0 unspecified atom stereocenters. The molecule has 1 aromatic heterocycles. The lowest BCUT2D eigenvalue weighted by Crippen LogP contribution is -2.40. The fourth-order valence-electron chi connectivity index (χ4n) is 6.15. The topological polar surface area (TPSA) is 191 Å². The van der Waals surface area contributed by atoms with Gasteiger partial charge in [0.1, 0.15) is 17.7 Å². The maximum Gasteiger partial charge on any atom is 0.326 e. The molecule has 3 aliphatic rings. The number of aromatic amines is 1. The number of carbonyl (C=O) groups excluding carboxylic acids is 2. The summed E-state index contributed by atoms with van der Waals surface area (Å²) < 4.78 is 60.7. The van der Waals surface area contributed by atoms with Crippen LogP contribution >= 0.6 is 0 Å². The van der Waals surface area contributed by atoms with Crippen LogP contribution in [0, 0.1) is 11.6 Å². The number of rotatable bonds is 8. The minimum atomic E-state index is -4.32. The molecule has 46 heavy (non-hydrogen) atoms. The first kappa shape index (κ1) is 31.4. The van der Waals surface area contributed by atoms with Gasteiger partial charge in [-0.1, -0.05) is 0 Å². The zero-order chi connectivity index (χ0) is 32.7. The van der Waals surface area contributed by atoms with Crippen LogP contribution in [0.3, 0.4) is 0 Å². The van der Waals surface area contributed by atoms with Crippen molar-refractivity contribution in [2.45, 2.75) is 36.7 Å². The molecule has 244 valence electrons. The molecule has 0 radical (unpaired) electrons. The maximum absolute atomic E-state index is 13.8. The molecule has 1 atom stereocenters. The lowest BCUT2D eigenvalue weighted by atomic mass is 10.0. The van der Waals surface area contributed by atoms with Gasteiger partial charge in [0.2, 0.25) is 15.9 Å². The molecule has 2 saturated heterocycles. The average molecular weight is 660 g/mol. The number of benzene rings is 2. The van der Waals surface area contributed by atoms with Gasteiger partial charge >= 0.3 is 5.97 Å². The van der Waals surface area contributed by atoms with Crippen molar-refractivity contribution in [3.05, 3.63) is 64.4 Å². The predicted octanol–water partition coefficient (Wildman–Crippen LogP) is 1.68. The van der Waals surface area contributed by atoms with Gasteiger partial charge < -0.3 is 30.7 Å². The Hall–Kier alpha value is -4.61. The highest BCUT2D eigenvalue weighted by molar-refractivity contribution is 7.89. The molecule has 3 aliphatic heterocycles. The van der Waals surface area contributed by atoms with Crippen LogP contribution in [0.25, 0.3) is 0 Å². The van der Waals surface area contributed by atoms with Crippen LogP contribution < -0.4 is 20.9 Å². The number of hydrogen-bond donors (Lipinski definition) is 4. The zero-order valence-corrected chi connectivity index (χ0v) is 25.3. The van der Waals surface area contributed by atoms with Crippen molar-refractivity contribution < 1.29 is 41.4 Å². The Morgan fingerprint density at radius 3 is 2.37 bits per heavy atom. The number of carbonyl (C=O) groups is 3. The van der Waals surface area contributed by atoms with Crippen molar-refractivity contribution in [1.82, 2.24) is 14.5 Å². The molecule has 5 N–H and O–H groups in total. The van der Waals surface area contributed by atoms with E-state index < -0.39 is 50.4 Å². The highest BCUT2D eigenvalue weighted by atomic mass is 32.2. The van der Waals surface area contributed by atoms with E-state index in [9.17, 15) is 36.7 Å². The van der Waals surface area contributed by atoms with Gasteiger partial charge in [-0.15, -0.1) is 0 Å². The molecule has 3 aromatic rings. The first-order chi connectivity index (χ1) is 21.9. The van der Waals surface area contributed by atoms with Crippen LogP contribution in [0.2, 0.25) is 0 Å². The fourth-order valence-corrected chi connectivity index (χ4v) is 7.60. The first-order valence-electron chi connectivity index (χ1n) is 14.6. The molecule has 0 spiro atoms. The second-order valence-electron chi connectivity index (χ2n) is 11.2. The lowest BCUT2D eigenvalue weighted by molar-refractivity contribution is -0.138. The van der Waals surface area contributed by atoms with Crippen LogP contribution in [-0.4, -0.2) is 91.2 Å². The molecule has 2 amide bonds. The molecule has 6 rings (SSSR count). The Morgan fingerprint density at radius 2 is 1.70 bits per heavy atom. The Kier molecular flexibility index (Phi) is 8.39. The third kappa shape index (κ3) is 5.88. The fraction of sp³-hybridized carbons (Fsp3) is 0.379. The third-order valence-electron chi connectivity index (χ3n) is 8.43. The molecule has 0 saturated carbocycles. The Balaban J connectivity index is 1.34. The molecule has 4 heterocycles. The Morgan fingerprint density at radius 1 is 1.00 bits per heavy atom. The van der Waals surface area contributed by atoms with E-state index in [0.717, 1.165) is 16.4 Å². The number of nitrogens with one attached hydrogen (secondary N) is 2. The van der Waals surface area contributed by atoms with E-state index in [1.54, 1.807) is 4.90 Å². The second kappa shape index (κ2) is 12.3. The van der Waals surface area contributed by atoms with Gasteiger partial charge in [-0.2, -0.15) is 9.40 Å². The third-order valence-corrected chi connectivity index (χ3v) is 10.3. The summed E-state index contributed by atoms with van der Waals surface area (Å²) in [6.45, 7) is 1.92. The summed E-state index contributed by atoms with van der Waals surface area (Å²) >= 11 is 0. The van der Waals surface area contributed by atoms with Crippen LogP contribution in [-0.2, 0) is 32.5 Å². The first-order valence-corrected chi connectivity index (χ1v) is 16.0. The summed E-state index contributed by atoms with van der Waals surface area (Å²) in [4.78, 5) is 41.7. The van der Waals surface area contributed by atoms with E-state index in [0.29, 0.717) is 74.4 Å². The van der Waals surface area contributed by atoms with Crippen molar-refractivity contribution in [2.24, 2.45) is 5.73 Å². The number of halogens is 2. The van der Waals surface area contributed by atoms with E-state index in [-0.39, 0.29) is 36.5 Å². The smallest absolute Gasteiger partial charge is 0.326 e. The quantitative estimate of drug-likeness (QED) is 0.277. The number of H-pyrrole nitrogens is 1. The molecule has 0 aliphatic carbocycles. The van der Waals surface area contributed by atoms with Crippen LogP contribution in [0.5, 0.6) is 0 Å². The van der Waals surface area contributed by atoms with Gasteiger partial charge in [0.15, 0.2) is 5.82 Å². The van der Waals surface area contributed by atoms with Gasteiger partial charge in [-0.05, 0) is 37.1 Å². The summed E-state index contributed by atoms with van der Waals surface area (Å²) in [6.07, 6.45) is 1.18. The average Bonchev–Trinajstić information content (AvgIpc) is 3.68. The highest BCUT2D eigenvalue weighted by Crippen LogP contribution is 2.38. The van der Waals surface area contributed by atoms with Crippen LogP contribution in [0.15, 0.2) is 35.2 Å². The van der Waals surface area contributed by atoms with E-state index in [2.05, 4.69) is 15.5 Å². The number of carboxylic acids is 1. The van der Waals surface area contributed by atoms with Gasteiger partial charge in [-0.3, -0.25) is 14.7 Å². The number of aromatic nitrogens is 2. The van der Waals surface area contributed by atoms with Gasteiger partial charge in [0.25, 0.3) is 5.91 Å². The molecule has 14 nitrogen and oxygen atoms in total. The highest BCUT2D eigenvalue weighted by Gasteiger charge is 2.36. The lowest BCUT2D eigenvalue weighted by Gasteiger charge is -2.35. The van der Waals surface area contributed by atoms with E-state index in [1.165, 1.54) is 12.1 Å². The van der Waals surface area contributed by atoms with Crippen LogP contribution in [0.4, 0.5) is 26.0 Å². The SMILES string of the molecule is NC(=O)c1cc(N2CCOCC2)c(N2CCC[C@@H]2C(=O)O)cc1C(=O)Nc1n[nH]c2c1CN(S(=O)(=O)c1cc(F)cc(F)c1)CC2. The number of carboxylic acid groups (broad SMARTS) is 1. The van der Waals surface area contributed by atoms with Crippen molar-refractivity contribution in [3.63, 3.8) is 0 Å². The number of fused-ring (bicyclic) bond motifs is 1. The summed E-state index contributed by atoms with van der Waals surface area (Å²) in [5, 5.41) is 19.5. The Labute approximate surface area is 262 Å². The van der Waals surface area contributed by atoms with Crippen molar-refractivity contribution in [1.29, 1.82) is 0 Å². The van der Waals surface area contributed by atoms with E-state index >= 15 is 0 Å². The number of morpholine rings is 1. The summed E-state index contributed by atoms with van der Waals surface area (Å²) in [7, 11) is -4.32. The minimum absolute atomic E-state index is 0.0101. The normalized spacial score (nSPS) is 18.8. The number of nitrogens with zero attached hydrogens (tertiary/aromatic N) is 4. The minimum Gasteiger partial charge on any atom is -0.480 e. The summed E-state index contributed by atoms with van der Waals surface area (Å²) in [5.74, 6) is -4.77. The van der Waals surface area contributed by atoms with Crippen molar-refractivity contribution in [2.75, 3.05) is 54.5 Å². The van der Waals surface area contributed by atoms with Gasteiger partial charge in [-0.25, -0.2) is 22.0 Å². The number of aliphatic carboxylic acids is 1. The summed E-state index contributed by atoms with van der Waals surface area (Å²) in [6, 6.07) is 4.13. The number of nitrogens with two attached hydrogens (primary N) is 1. The monoisotopic (exact) mass is 659 g/mol. The molecule has 2 aromatic carbocycles. The number of anilines is 3. The van der Waals surface area contributed by atoms with Crippen LogP contribution in [0.1, 0.15) is 44.8 Å². The van der Waals surface area contributed by atoms with Crippen molar-refractivity contribution >= 4 is 45.0 Å². The van der Waals surface area contributed by atoms with Gasteiger partial charge in [0, 0.05) is 56.5 Å². The maximum atomic E-state index is 13.8. The van der Waals surface area contributed by atoms with Crippen molar-refractivity contribution in [3.8, 4) is 0 Å². The second-order valence-corrected chi connectivity index (χ2v) is 13.2. The molecule has 0 bridgehead atoms. The molecule has 17 heteroatoms. The number of amides is 2. The number of hydrogen-bond acceptors (Lipinski definition) is 9. The standard InChI is InChI=1S/C29H31F2N7O7S/c30-16-10-17(31)12-18(11-16)46(43,44)37-5-3-22-21(15-37)27(35-34-22)33-28(40)20-14-25(38-4-1-2-23(38)29(41)42)24(13-19(20)26(32)39)36-6-8-45-9-7-36/h10-14,23H,1-9,15H2,(H2,32,39)(H,41,42)(H2,33,34,35,40)/t23-/m1/s1. The number of sulfonamides is 1.